The molecule has 1 aliphatic heterocycles. The third kappa shape index (κ3) is 6.41. The lowest BCUT2D eigenvalue weighted by Gasteiger charge is -2.35. The molecule has 2 bridgehead atoms. The van der Waals surface area contributed by atoms with Gasteiger partial charge in [0.2, 0.25) is 15.9 Å². The second-order valence-electron chi connectivity index (χ2n) is 9.08. The highest BCUT2D eigenvalue weighted by Gasteiger charge is 2.31. The molecule has 0 saturated heterocycles. The summed E-state index contributed by atoms with van der Waals surface area (Å²) in [5, 5.41) is 17.9. The summed E-state index contributed by atoms with van der Waals surface area (Å²) in [7, 11) is -2.20. The first-order valence-electron chi connectivity index (χ1n) is 11.6. The zero-order chi connectivity index (χ0) is 24.9. The fourth-order valence-electron chi connectivity index (χ4n) is 4.00. The van der Waals surface area contributed by atoms with Crippen molar-refractivity contribution in [3.05, 3.63) is 41.7 Å². The van der Waals surface area contributed by atoms with Crippen LogP contribution in [0.15, 0.2) is 35.4 Å². The van der Waals surface area contributed by atoms with E-state index in [1.807, 2.05) is 19.9 Å². The zero-order valence-corrected chi connectivity index (χ0v) is 21.1. The topological polar surface area (TPSA) is 118 Å². The van der Waals surface area contributed by atoms with E-state index in [2.05, 4.69) is 10.3 Å². The Kier molecular flexibility index (Phi) is 8.80. The van der Waals surface area contributed by atoms with E-state index in [0.29, 0.717) is 31.6 Å². The smallest absolute Gasteiger partial charge is 0.242 e. The van der Waals surface area contributed by atoms with Gasteiger partial charge in [-0.05, 0) is 38.0 Å². The Morgan fingerprint density at radius 2 is 2.12 bits per heavy atom. The molecule has 0 radical (unpaired) electrons. The molecule has 34 heavy (non-hydrogen) atoms. The van der Waals surface area contributed by atoms with Gasteiger partial charge in [0.25, 0.3) is 0 Å². The van der Waals surface area contributed by atoms with Crippen molar-refractivity contribution in [1.29, 1.82) is 0 Å². The van der Waals surface area contributed by atoms with E-state index in [9.17, 15) is 18.3 Å². The molecule has 1 aromatic carbocycles. The number of sulfonamides is 1. The number of aryl methyl sites for hydroxylation is 2. The van der Waals surface area contributed by atoms with Crippen LogP contribution in [0.3, 0.4) is 0 Å². The molecule has 188 valence electrons. The van der Waals surface area contributed by atoms with Crippen LogP contribution in [-0.2, 0) is 32.7 Å². The molecule has 3 atom stereocenters. The quantitative estimate of drug-likeness (QED) is 0.647. The number of ether oxygens (including phenoxy) is 1. The Balaban J connectivity index is 1.86. The van der Waals surface area contributed by atoms with E-state index in [1.165, 1.54) is 11.4 Å². The van der Waals surface area contributed by atoms with Crippen LogP contribution in [0.4, 0.5) is 0 Å². The lowest BCUT2D eigenvalue weighted by molar-refractivity contribution is -0.136. The highest BCUT2D eigenvalue weighted by Crippen LogP contribution is 2.21. The standard InChI is InChI=1S/C23H35N5O5S/c1-17-7-5-8-21(11-17)34(31,32)26(4)14-22-18(2)12-28(19(3)15-29)23(30)9-6-10-27-13-20(16-33-22)24-25-27/h5,7-8,11,13,18-19,22,29H,6,9-10,12,14-16H2,1-4H3/t18-,19-,22+/m1/s1. The van der Waals surface area contributed by atoms with Crippen LogP contribution in [0.2, 0.25) is 0 Å². The number of hydrogen-bond acceptors (Lipinski definition) is 7. The van der Waals surface area contributed by atoms with Gasteiger partial charge in [-0.15, -0.1) is 5.10 Å². The van der Waals surface area contributed by atoms with E-state index in [0.717, 1.165) is 5.56 Å². The summed E-state index contributed by atoms with van der Waals surface area (Å²) in [5.74, 6) is -0.267. The molecule has 1 aliphatic rings. The molecule has 1 amide bonds. The molecule has 3 rings (SSSR count). The maximum Gasteiger partial charge on any atom is 0.242 e. The molecule has 0 unspecified atom stereocenters. The number of rotatable bonds is 6. The van der Waals surface area contributed by atoms with Crippen LogP contribution >= 0.6 is 0 Å². The molecule has 1 aromatic heterocycles. The summed E-state index contributed by atoms with van der Waals surface area (Å²) in [4.78, 5) is 14.8. The number of aliphatic hydroxyl groups excluding tert-OH is 1. The minimum Gasteiger partial charge on any atom is -0.394 e. The van der Waals surface area contributed by atoms with Gasteiger partial charge >= 0.3 is 0 Å². The third-order valence-corrected chi connectivity index (χ3v) is 8.00. The first-order valence-corrected chi connectivity index (χ1v) is 13.0. The van der Waals surface area contributed by atoms with Gasteiger partial charge in [-0.1, -0.05) is 24.3 Å². The first-order chi connectivity index (χ1) is 16.1. The normalized spacial score (nSPS) is 21.6. The first kappa shape index (κ1) is 26.3. The van der Waals surface area contributed by atoms with Crippen LogP contribution in [0.1, 0.15) is 37.9 Å². The van der Waals surface area contributed by atoms with Crippen molar-refractivity contribution in [3.8, 4) is 0 Å². The van der Waals surface area contributed by atoms with Crippen LogP contribution in [0, 0.1) is 12.8 Å². The van der Waals surface area contributed by atoms with E-state index >= 15 is 0 Å². The molecule has 2 aromatic rings. The van der Waals surface area contributed by atoms with Gasteiger partial charge in [0.1, 0.15) is 5.69 Å². The largest absolute Gasteiger partial charge is 0.394 e. The van der Waals surface area contributed by atoms with Crippen LogP contribution in [0.5, 0.6) is 0 Å². The van der Waals surface area contributed by atoms with E-state index in [-0.39, 0.29) is 42.5 Å². The Morgan fingerprint density at radius 3 is 2.82 bits per heavy atom. The average molecular weight is 494 g/mol. The number of carbonyl (C=O) groups excluding carboxylic acids is 1. The molecule has 11 heteroatoms. The molecule has 10 nitrogen and oxygen atoms in total. The summed E-state index contributed by atoms with van der Waals surface area (Å²) >= 11 is 0. The molecule has 1 N–H and O–H groups in total. The molecule has 0 spiro atoms. The van der Waals surface area contributed by atoms with Crippen LogP contribution < -0.4 is 0 Å². The number of amides is 1. The number of carbonyl (C=O) groups is 1. The summed E-state index contributed by atoms with van der Waals surface area (Å²) in [6.45, 7) is 6.59. The summed E-state index contributed by atoms with van der Waals surface area (Å²) in [6, 6.07) is 6.43. The highest BCUT2D eigenvalue weighted by atomic mass is 32.2. The summed E-state index contributed by atoms with van der Waals surface area (Å²) < 4.78 is 35.5. The predicted molar refractivity (Wildman–Crippen MR) is 126 cm³/mol. The number of fused-ring (bicyclic) bond motifs is 2. The molecular weight excluding hydrogens is 458 g/mol. The van der Waals surface area contributed by atoms with Crippen molar-refractivity contribution in [2.75, 3.05) is 26.7 Å². The number of aliphatic hydroxyl groups is 1. The SMILES string of the molecule is Cc1cccc(S(=O)(=O)N(C)C[C@@H]2OCc3cn(nn3)CCCC(=O)N([C@H](C)CO)C[C@H]2C)c1. The number of nitrogens with zero attached hydrogens (tertiary/aromatic N) is 5. The van der Waals surface area contributed by atoms with Crippen molar-refractivity contribution >= 4 is 15.9 Å². The van der Waals surface area contributed by atoms with Crippen molar-refractivity contribution in [2.24, 2.45) is 5.92 Å². The van der Waals surface area contributed by atoms with E-state index < -0.39 is 16.1 Å². The van der Waals surface area contributed by atoms with Gasteiger partial charge in [0.05, 0.1) is 36.5 Å². The van der Waals surface area contributed by atoms with Crippen molar-refractivity contribution < 1.29 is 23.1 Å². The molecule has 0 aliphatic carbocycles. The Hall–Kier alpha value is -2.34. The molecule has 0 fully saturated rings. The van der Waals surface area contributed by atoms with Crippen molar-refractivity contribution in [1.82, 2.24) is 24.2 Å². The van der Waals surface area contributed by atoms with Gasteiger partial charge in [-0.3, -0.25) is 9.48 Å². The average Bonchev–Trinajstić information content (AvgIpc) is 3.26. The maximum atomic E-state index is 13.2. The highest BCUT2D eigenvalue weighted by molar-refractivity contribution is 7.89. The Morgan fingerprint density at radius 1 is 1.35 bits per heavy atom. The van der Waals surface area contributed by atoms with E-state index in [4.69, 9.17) is 4.74 Å². The third-order valence-electron chi connectivity index (χ3n) is 6.18. The molecule has 0 saturated carbocycles. The van der Waals surface area contributed by atoms with Crippen molar-refractivity contribution in [3.63, 3.8) is 0 Å². The summed E-state index contributed by atoms with van der Waals surface area (Å²) in [5.41, 5.74) is 1.50. The second kappa shape index (κ2) is 11.4. The van der Waals surface area contributed by atoms with Gasteiger partial charge in [0, 0.05) is 39.0 Å². The Bertz CT molecular complexity index is 1070. The number of aromatic nitrogens is 3. The van der Waals surface area contributed by atoms with Crippen molar-refractivity contribution in [2.45, 2.75) is 63.8 Å². The lowest BCUT2D eigenvalue weighted by atomic mass is 10.0. The minimum atomic E-state index is -3.73. The lowest BCUT2D eigenvalue weighted by Crippen LogP contribution is -2.47. The monoisotopic (exact) mass is 493 g/mol. The molecular formula is C23H35N5O5S. The van der Waals surface area contributed by atoms with Crippen LogP contribution in [0.25, 0.3) is 0 Å². The molecule has 2 heterocycles. The fourth-order valence-corrected chi connectivity index (χ4v) is 5.29. The summed E-state index contributed by atoms with van der Waals surface area (Å²) in [6.07, 6.45) is 2.19. The van der Waals surface area contributed by atoms with Crippen LogP contribution in [-0.4, -0.2) is 82.5 Å². The number of benzene rings is 1. The second-order valence-corrected chi connectivity index (χ2v) is 11.1. The number of likely N-dealkylation sites (N-methyl/N-ethyl adjacent to an activating group) is 1. The minimum absolute atomic E-state index is 0.0625. The fraction of sp³-hybridized carbons (Fsp3) is 0.609. The predicted octanol–water partition coefficient (Wildman–Crippen LogP) is 1.43. The van der Waals surface area contributed by atoms with Gasteiger partial charge in [-0.2, -0.15) is 4.31 Å². The maximum absolute atomic E-state index is 13.2. The van der Waals surface area contributed by atoms with Gasteiger partial charge in [-0.25, -0.2) is 8.42 Å². The van der Waals surface area contributed by atoms with E-state index in [1.54, 1.807) is 40.9 Å². The number of hydrogen-bond donors (Lipinski definition) is 1. The zero-order valence-electron chi connectivity index (χ0n) is 20.3. The Labute approximate surface area is 201 Å². The van der Waals surface area contributed by atoms with Gasteiger partial charge < -0.3 is 14.7 Å². The van der Waals surface area contributed by atoms with Gasteiger partial charge in [0.15, 0.2) is 0 Å².